The van der Waals surface area contributed by atoms with Crippen LogP contribution in [0, 0.1) is 5.92 Å². The lowest BCUT2D eigenvalue weighted by atomic mass is 9.81. The van der Waals surface area contributed by atoms with E-state index >= 15 is 0 Å². The first-order valence-corrected chi connectivity index (χ1v) is 7.82. The van der Waals surface area contributed by atoms with Gasteiger partial charge in [0.2, 0.25) is 0 Å². The quantitative estimate of drug-likeness (QED) is 0.797. The Morgan fingerprint density at radius 2 is 1.65 bits per heavy atom. The molecule has 0 radical (unpaired) electrons. The molecule has 2 atom stereocenters. The number of rotatable bonds is 5. The smallest absolute Gasteiger partial charge is 0.0127 e. The molecule has 0 aromatic rings. The molecule has 0 bridgehead atoms. The summed E-state index contributed by atoms with van der Waals surface area (Å²) in [6.07, 6.45) is 12.9. The zero-order valence-electron chi connectivity index (χ0n) is 11.5. The molecule has 0 aliphatic heterocycles. The summed E-state index contributed by atoms with van der Waals surface area (Å²) in [6.45, 7) is 4.34. The maximum Gasteiger partial charge on any atom is 0.0127 e. The highest BCUT2D eigenvalue weighted by atomic mass is 15.2. The van der Waals surface area contributed by atoms with Crippen LogP contribution in [0.2, 0.25) is 0 Å². The molecule has 100 valence electrons. The number of nitrogens with zero attached hydrogens (tertiary/aromatic N) is 1. The molecule has 2 aliphatic carbocycles. The van der Waals surface area contributed by atoms with Gasteiger partial charge in [0, 0.05) is 25.2 Å². The zero-order valence-corrected chi connectivity index (χ0v) is 11.5. The Labute approximate surface area is 107 Å². The molecule has 2 aliphatic rings. The van der Waals surface area contributed by atoms with Crippen molar-refractivity contribution < 1.29 is 0 Å². The summed E-state index contributed by atoms with van der Waals surface area (Å²) >= 11 is 0. The van der Waals surface area contributed by atoms with Crippen LogP contribution >= 0.6 is 0 Å². The predicted molar refractivity (Wildman–Crippen MR) is 74.1 cm³/mol. The van der Waals surface area contributed by atoms with Gasteiger partial charge in [-0.1, -0.05) is 39.0 Å². The minimum Gasteiger partial charge on any atom is -0.329 e. The Kier molecular flexibility index (Phi) is 5.30. The van der Waals surface area contributed by atoms with Crippen molar-refractivity contribution in [1.82, 2.24) is 4.90 Å². The van der Waals surface area contributed by atoms with Gasteiger partial charge in [0.05, 0.1) is 0 Å². The van der Waals surface area contributed by atoms with E-state index in [1.54, 1.807) is 0 Å². The van der Waals surface area contributed by atoms with Crippen LogP contribution in [0.4, 0.5) is 0 Å². The first-order chi connectivity index (χ1) is 8.36. The standard InChI is InChI=1S/C15H30N2/c1-2-13-7-3-6-10-15(13)17(12-11-16)14-8-4-5-9-14/h13-15H,2-12,16H2,1H3. The maximum absolute atomic E-state index is 5.85. The van der Waals surface area contributed by atoms with Crippen molar-refractivity contribution in [3.63, 3.8) is 0 Å². The van der Waals surface area contributed by atoms with Gasteiger partial charge in [0.25, 0.3) is 0 Å². The Morgan fingerprint density at radius 1 is 1.00 bits per heavy atom. The molecular weight excluding hydrogens is 208 g/mol. The lowest BCUT2D eigenvalue weighted by Gasteiger charge is -2.43. The highest BCUT2D eigenvalue weighted by Crippen LogP contribution is 2.34. The van der Waals surface area contributed by atoms with Crippen molar-refractivity contribution in [2.45, 2.75) is 76.8 Å². The normalized spacial score (nSPS) is 31.2. The van der Waals surface area contributed by atoms with E-state index in [0.29, 0.717) is 0 Å². The largest absolute Gasteiger partial charge is 0.329 e. The van der Waals surface area contributed by atoms with Gasteiger partial charge in [-0.15, -0.1) is 0 Å². The Balaban J connectivity index is 2.01. The van der Waals surface area contributed by atoms with Crippen LogP contribution < -0.4 is 5.73 Å². The van der Waals surface area contributed by atoms with Crippen LogP contribution in [0.25, 0.3) is 0 Å². The van der Waals surface area contributed by atoms with E-state index in [1.807, 2.05) is 0 Å². The van der Waals surface area contributed by atoms with Crippen molar-refractivity contribution in [3.05, 3.63) is 0 Å². The summed E-state index contributed by atoms with van der Waals surface area (Å²) < 4.78 is 0. The van der Waals surface area contributed by atoms with Gasteiger partial charge in [-0.2, -0.15) is 0 Å². The molecule has 0 heterocycles. The molecule has 2 unspecified atom stereocenters. The maximum atomic E-state index is 5.85. The molecule has 2 N–H and O–H groups in total. The molecule has 17 heavy (non-hydrogen) atoms. The van der Waals surface area contributed by atoms with E-state index in [4.69, 9.17) is 5.73 Å². The molecule has 0 spiro atoms. The summed E-state index contributed by atoms with van der Waals surface area (Å²) in [5.41, 5.74) is 5.85. The van der Waals surface area contributed by atoms with E-state index in [-0.39, 0.29) is 0 Å². The van der Waals surface area contributed by atoms with E-state index < -0.39 is 0 Å². The number of hydrogen-bond donors (Lipinski definition) is 1. The van der Waals surface area contributed by atoms with Gasteiger partial charge < -0.3 is 5.73 Å². The average Bonchev–Trinajstić information content (AvgIpc) is 2.89. The van der Waals surface area contributed by atoms with Crippen LogP contribution in [-0.2, 0) is 0 Å². The average molecular weight is 238 g/mol. The van der Waals surface area contributed by atoms with E-state index in [1.165, 1.54) is 57.8 Å². The Morgan fingerprint density at radius 3 is 2.29 bits per heavy atom. The van der Waals surface area contributed by atoms with Gasteiger partial charge in [-0.05, 0) is 31.6 Å². The van der Waals surface area contributed by atoms with E-state index in [9.17, 15) is 0 Å². The fourth-order valence-corrected chi connectivity index (χ4v) is 4.11. The van der Waals surface area contributed by atoms with Crippen molar-refractivity contribution in [3.8, 4) is 0 Å². The third-order valence-corrected chi connectivity index (χ3v) is 5.00. The summed E-state index contributed by atoms with van der Waals surface area (Å²) in [5, 5.41) is 0. The third kappa shape index (κ3) is 3.23. The molecule has 0 aromatic heterocycles. The SMILES string of the molecule is CCC1CCCCC1N(CCN)C1CCCC1. The first-order valence-electron chi connectivity index (χ1n) is 7.82. The van der Waals surface area contributed by atoms with Crippen LogP contribution in [0.1, 0.15) is 64.7 Å². The van der Waals surface area contributed by atoms with Crippen molar-refractivity contribution in [2.75, 3.05) is 13.1 Å². The second-order valence-electron chi connectivity index (χ2n) is 5.98. The highest BCUT2D eigenvalue weighted by Gasteiger charge is 2.33. The van der Waals surface area contributed by atoms with Crippen LogP contribution in [0.5, 0.6) is 0 Å². The van der Waals surface area contributed by atoms with Crippen molar-refractivity contribution in [1.29, 1.82) is 0 Å². The molecule has 2 saturated carbocycles. The Hall–Kier alpha value is -0.0800. The molecule has 0 amide bonds. The van der Waals surface area contributed by atoms with Crippen LogP contribution in [0.3, 0.4) is 0 Å². The van der Waals surface area contributed by atoms with Crippen LogP contribution in [-0.4, -0.2) is 30.1 Å². The van der Waals surface area contributed by atoms with Crippen molar-refractivity contribution >= 4 is 0 Å². The molecule has 0 saturated heterocycles. The van der Waals surface area contributed by atoms with Crippen LogP contribution in [0.15, 0.2) is 0 Å². The monoisotopic (exact) mass is 238 g/mol. The van der Waals surface area contributed by atoms with E-state index in [0.717, 1.165) is 31.1 Å². The summed E-state index contributed by atoms with van der Waals surface area (Å²) in [5.74, 6) is 0.941. The Bertz CT molecular complexity index is 211. The lowest BCUT2D eigenvalue weighted by Crippen LogP contribution is -2.49. The molecule has 2 heteroatoms. The van der Waals surface area contributed by atoms with Crippen molar-refractivity contribution in [2.24, 2.45) is 11.7 Å². The third-order valence-electron chi connectivity index (χ3n) is 5.00. The molecule has 2 rings (SSSR count). The van der Waals surface area contributed by atoms with Gasteiger partial charge in [-0.3, -0.25) is 4.90 Å². The summed E-state index contributed by atoms with van der Waals surface area (Å²) in [4.78, 5) is 2.81. The van der Waals surface area contributed by atoms with Gasteiger partial charge in [0.1, 0.15) is 0 Å². The predicted octanol–water partition coefficient (Wildman–Crippen LogP) is 3.16. The topological polar surface area (TPSA) is 29.3 Å². The molecular formula is C15H30N2. The lowest BCUT2D eigenvalue weighted by molar-refractivity contribution is 0.0654. The summed E-state index contributed by atoms with van der Waals surface area (Å²) in [6, 6.07) is 1.70. The van der Waals surface area contributed by atoms with E-state index in [2.05, 4.69) is 11.8 Å². The second kappa shape index (κ2) is 6.75. The fourth-order valence-electron chi connectivity index (χ4n) is 4.11. The van der Waals surface area contributed by atoms with Gasteiger partial charge >= 0.3 is 0 Å². The molecule has 0 aromatic carbocycles. The summed E-state index contributed by atoms with van der Waals surface area (Å²) in [7, 11) is 0. The molecule has 2 nitrogen and oxygen atoms in total. The fraction of sp³-hybridized carbons (Fsp3) is 1.00. The number of hydrogen-bond acceptors (Lipinski definition) is 2. The van der Waals surface area contributed by atoms with Gasteiger partial charge in [0.15, 0.2) is 0 Å². The minimum absolute atomic E-state index is 0.837. The highest BCUT2D eigenvalue weighted by molar-refractivity contribution is 4.88. The zero-order chi connectivity index (χ0) is 12.1. The first kappa shape index (κ1) is 13.4. The van der Waals surface area contributed by atoms with Gasteiger partial charge in [-0.25, -0.2) is 0 Å². The molecule has 2 fully saturated rings. The second-order valence-corrected chi connectivity index (χ2v) is 5.98. The number of nitrogens with two attached hydrogens (primary N) is 1. The minimum atomic E-state index is 0.837.